The number of nitrogens with one attached hydrogen (secondary N) is 1. The Morgan fingerprint density at radius 2 is 1.95 bits per heavy atom. The normalized spacial score (nSPS) is 11.1. The number of rotatable bonds is 4. The standard InChI is InChI=1S/C16H20N2O3S/c1-16(2,3)18-15(19)21-10-13-9-17-14(22-13)11-5-7-12(20-4)8-6-11/h5-9H,10H2,1-4H3,(H,18,19). The Balaban J connectivity index is 1.95. The lowest BCUT2D eigenvalue weighted by Crippen LogP contribution is -2.40. The molecule has 22 heavy (non-hydrogen) atoms. The number of carbonyl (C=O) groups excluding carboxylic acids is 1. The Kier molecular flexibility index (Phi) is 5.03. The van der Waals surface area contributed by atoms with Crippen molar-refractivity contribution in [3.05, 3.63) is 35.3 Å². The van der Waals surface area contributed by atoms with Crippen molar-refractivity contribution in [1.29, 1.82) is 0 Å². The zero-order valence-electron chi connectivity index (χ0n) is 13.2. The van der Waals surface area contributed by atoms with E-state index in [1.54, 1.807) is 13.3 Å². The van der Waals surface area contributed by atoms with Crippen LogP contribution in [0.2, 0.25) is 0 Å². The van der Waals surface area contributed by atoms with Gasteiger partial charge in [-0.2, -0.15) is 0 Å². The van der Waals surface area contributed by atoms with Crippen LogP contribution in [-0.4, -0.2) is 23.7 Å². The summed E-state index contributed by atoms with van der Waals surface area (Å²) in [6.45, 7) is 5.93. The number of carbonyl (C=O) groups is 1. The fourth-order valence-corrected chi connectivity index (χ4v) is 2.55. The van der Waals surface area contributed by atoms with Crippen LogP contribution in [0.1, 0.15) is 25.6 Å². The Hall–Kier alpha value is -2.08. The van der Waals surface area contributed by atoms with Gasteiger partial charge in [-0.05, 0) is 45.0 Å². The highest BCUT2D eigenvalue weighted by Crippen LogP contribution is 2.27. The molecule has 118 valence electrons. The molecular formula is C16H20N2O3S. The van der Waals surface area contributed by atoms with Crippen LogP contribution in [-0.2, 0) is 11.3 Å². The quantitative estimate of drug-likeness (QED) is 0.929. The lowest BCUT2D eigenvalue weighted by molar-refractivity contribution is 0.132. The molecule has 6 heteroatoms. The van der Waals surface area contributed by atoms with Gasteiger partial charge in [0, 0.05) is 17.3 Å². The highest BCUT2D eigenvalue weighted by Gasteiger charge is 2.15. The van der Waals surface area contributed by atoms with E-state index in [1.165, 1.54) is 11.3 Å². The monoisotopic (exact) mass is 320 g/mol. The van der Waals surface area contributed by atoms with Crippen molar-refractivity contribution in [3.63, 3.8) is 0 Å². The van der Waals surface area contributed by atoms with Gasteiger partial charge in [0.05, 0.1) is 12.0 Å². The Bertz CT molecular complexity index is 630. The van der Waals surface area contributed by atoms with Crippen molar-refractivity contribution >= 4 is 17.4 Å². The van der Waals surface area contributed by atoms with Crippen molar-refractivity contribution in [1.82, 2.24) is 10.3 Å². The summed E-state index contributed by atoms with van der Waals surface area (Å²) in [5.41, 5.74) is 0.704. The average Bonchev–Trinajstić information content (AvgIpc) is 2.92. The first-order valence-corrected chi connectivity index (χ1v) is 7.73. The third-order valence-corrected chi connectivity index (χ3v) is 3.73. The van der Waals surface area contributed by atoms with E-state index in [4.69, 9.17) is 9.47 Å². The van der Waals surface area contributed by atoms with Crippen LogP contribution in [0.4, 0.5) is 4.79 Å². The summed E-state index contributed by atoms with van der Waals surface area (Å²) in [6, 6.07) is 7.69. The molecule has 0 saturated heterocycles. The molecule has 1 aromatic carbocycles. The van der Waals surface area contributed by atoms with E-state index in [1.807, 2.05) is 45.0 Å². The van der Waals surface area contributed by atoms with E-state index >= 15 is 0 Å². The van der Waals surface area contributed by atoms with Crippen molar-refractivity contribution < 1.29 is 14.3 Å². The smallest absolute Gasteiger partial charge is 0.407 e. The van der Waals surface area contributed by atoms with Crippen LogP contribution in [0.15, 0.2) is 30.5 Å². The van der Waals surface area contributed by atoms with Gasteiger partial charge in [-0.1, -0.05) is 0 Å². The predicted molar refractivity (Wildman–Crippen MR) is 87.2 cm³/mol. The molecule has 1 aromatic heterocycles. The number of hydrogen-bond donors (Lipinski definition) is 1. The number of benzene rings is 1. The van der Waals surface area contributed by atoms with Crippen LogP contribution in [0, 0.1) is 0 Å². The van der Waals surface area contributed by atoms with Crippen LogP contribution in [0.3, 0.4) is 0 Å². The molecule has 1 N–H and O–H groups in total. The zero-order chi connectivity index (χ0) is 16.2. The molecule has 5 nitrogen and oxygen atoms in total. The van der Waals surface area contributed by atoms with E-state index in [-0.39, 0.29) is 12.1 Å². The number of aromatic nitrogens is 1. The fourth-order valence-electron chi connectivity index (χ4n) is 1.72. The maximum Gasteiger partial charge on any atom is 0.407 e. The lowest BCUT2D eigenvalue weighted by atomic mass is 10.1. The Labute approximate surface area is 134 Å². The van der Waals surface area contributed by atoms with E-state index in [2.05, 4.69) is 10.3 Å². The maximum atomic E-state index is 11.6. The number of thiazole rings is 1. The maximum absolute atomic E-state index is 11.6. The summed E-state index contributed by atoms with van der Waals surface area (Å²) in [4.78, 5) is 16.9. The van der Waals surface area contributed by atoms with E-state index in [0.29, 0.717) is 0 Å². The molecule has 0 aliphatic heterocycles. The van der Waals surface area contributed by atoms with Gasteiger partial charge in [0.25, 0.3) is 0 Å². The first-order chi connectivity index (χ1) is 10.4. The number of nitrogens with zero attached hydrogens (tertiary/aromatic N) is 1. The molecule has 0 aliphatic carbocycles. The second-order valence-electron chi connectivity index (χ2n) is 5.81. The number of amides is 1. The van der Waals surface area contributed by atoms with Crippen LogP contribution >= 0.6 is 11.3 Å². The largest absolute Gasteiger partial charge is 0.497 e. The molecule has 0 radical (unpaired) electrons. The third kappa shape index (κ3) is 4.73. The SMILES string of the molecule is COc1ccc(-c2ncc(COC(=O)NC(C)(C)C)s2)cc1. The summed E-state index contributed by atoms with van der Waals surface area (Å²) in [5, 5.41) is 3.64. The summed E-state index contributed by atoms with van der Waals surface area (Å²) < 4.78 is 10.3. The minimum atomic E-state index is -0.424. The highest BCUT2D eigenvalue weighted by atomic mass is 32.1. The second-order valence-corrected chi connectivity index (χ2v) is 6.93. The minimum absolute atomic E-state index is 0.218. The van der Waals surface area contributed by atoms with E-state index in [9.17, 15) is 4.79 Å². The number of methoxy groups -OCH3 is 1. The minimum Gasteiger partial charge on any atom is -0.497 e. The molecular weight excluding hydrogens is 300 g/mol. The van der Waals surface area contributed by atoms with Gasteiger partial charge in [0.15, 0.2) is 0 Å². The topological polar surface area (TPSA) is 60.5 Å². The van der Waals surface area contributed by atoms with Crippen molar-refractivity contribution in [2.24, 2.45) is 0 Å². The number of ether oxygens (including phenoxy) is 2. The Morgan fingerprint density at radius 3 is 2.55 bits per heavy atom. The fraction of sp³-hybridized carbons (Fsp3) is 0.375. The molecule has 0 atom stereocenters. The zero-order valence-corrected chi connectivity index (χ0v) is 14.0. The Morgan fingerprint density at radius 1 is 1.27 bits per heavy atom. The van der Waals surface area contributed by atoms with Gasteiger partial charge >= 0.3 is 6.09 Å². The van der Waals surface area contributed by atoms with Crippen molar-refractivity contribution in [2.75, 3.05) is 7.11 Å². The molecule has 1 amide bonds. The van der Waals surface area contributed by atoms with Gasteiger partial charge in [0.2, 0.25) is 0 Å². The van der Waals surface area contributed by atoms with Crippen LogP contribution < -0.4 is 10.1 Å². The van der Waals surface area contributed by atoms with Gasteiger partial charge in [-0.3, -0.25) is 0 Å². The van der Waals surface area contributed by atoms with Gasteiger partial charge in [0.1, 0.15) is 17.4 Å². The van der Waals surface area contributed by atoms with Crippen LogP contribution in [0.5, 0.6) is 5.75 Å². The molecule has 0 spiro atoms. The van der Waals surface area contributed by atoms with E-state index in [0.717, 1.165) is 21.2 Å². The molecule has 0 fully saturated rings. The highest BCUT2D eigenvalue weighted by molar-refractivity contribution is 7.15. The number of alkyl carbamates (subject to hydrolysis) is 1. The predicted octanol–water partition coefficient (Wildman–Crippen LogP) is 3.84. The number of hydrogen-bond acceptors (Lipinski definition) is 5. The molecule has 2 rings (SSSR count). The molecule has 0 aliphatic rings. The summed E-state index contributed by atoms with van der Waals surface area (Å²) in [6.07, 6.45) is 1.31. The molecule has 2 aromatic rings. The van der Waals surface area contributed by atoms with Crippen molar-refractivity contribution in [3.8, 4) is 16.3 Å². The van der Waals surface area contributed by atoms with Crippen molar-refractivity contribution in [2.45, 2.75) is 32.9 Å². The third-order valence-electron chi connectivity index (χ3n) is 2.71. The second kappa shape index (κ2) is 6.79. The molecule has 0 saturated carbocycles. The first-order valence-electron chi connectivity index (χ1n) is 6.91. The molecule has 1 heterocycles. The summed E-state index contributed by atoms with van der Waals surface area (Å²) in [5.74, 6) is 0.808. The molecule has 0 unspecified atom stereocenters. The average molecular weight is 320 g/mol. The lowest BCUT2D eigenvalue weighted by Gasteiger charge is -2.19. The van der Waals surface area contributed by atoms with Gasteiger partial charge in [-0.25, -0.2) is 9.78 Å². The van der Waals surface area contributed by atoms with E-state index < -0.39 is 6.09 Å². The summed E-state index contributed by atoms with van der Waals surface area (Å²) in [7, 11) is 1.64. The summed E-state index contributed by atoms with van der Waals surface area (Å²) >= 11 is 1.50. The first kappa shape index (κ1) is 16.3. The molecule has 0 bridgehead atoms. The van der Waals surface area contributed by atoms with Crippen LogP contribution in [0.25, 0.3) is 10.6 Å². The van der Waals surface area contributed by atoms with Gasteiger partial charge in [-0.15, -0.1) is 11.3 Å². The van der Waals surface area contributed by atoms with Gasteiger partial charge < -0.3 is 14.8 Å².